The first-order chi connectivity index (χ1) is 11.5. The van der Waals surface area contributed by atoms with Crippen LogP contribution in [0.4, 0.5) is 9.52 Å². The number of carbonyl (C=O) groups excluding carboxylic acids is 1. The van der Waals surface area contributed by atoms with E-state index in [1.54, 1.807) is 29.1 Å². The predicted octanol–water partition coefficient (Wildman–Crippen LogP) is 4.38. The minimum atomic E-state index is -0.359. The van der Waals surface area contributed by atoms with Gasteiger partial charge in [-0.1, -0.05) is 11.6 Å². The topological polar surface area (TPSA) is 59.8 Å². The minimum absolute atomic E-state index is 0.305. The van der Waals surface area contributed by atoms with E-state index >= 15 is 0 Å². The number of aryl methyl sites for hydroxylation is 2. The van der Waals surface area contributed by atoms with Crippen molar-refractivity contribution in [3.8, 4) is 11.3 Å². The summed E-state index contributed by atoms with van der Waals surface area (Å²) in [5.41, 5.74) is 2.37. The van der Waals surface area contributed by atoms with Gasteiger partial charge in [0.25, 0.3) is 5.91 Å². The first-order valence-electron chi connectivity index (χ1n) is 7.25. The molecule has 3 rings (SSSR count). The molecule has 0 bridgehead atoms. The van der Waals surface area contributed by atoms with Crippen LogP contribution >= 0.6 is 22.9 Å². The summed E-state index contributed by atoms with van der Waals surface area (Å²) in [6.07, 6.45) is 0. The molecule has 0 atom stereocenters. The summed E-state index contributed by atoms with van der Waals surface area (Å²) in [5, 5.41) is 9.54. The van der Waals surface area contributed by atoms with Crippen LogP contribution in [0.3, 0.4) is 0 Å². The average Bonchev–Trinajstić information content (AvgIpc) is 3.13. The van der Waals surface area contributed by atoms with Gasteiger partial charge in [-0.15, -0.1) is 11.3 Å². The Morgan fingerprint density at radius 1 is 1.38 bits per heavy atom. The highest BCUT2D eigenvalue weighted by atomic mass is 35.5. The monoisotopic (exact) mass is 364 g/mol. The Morgan fingerprint density at radius 3 is 2.75 bits per heavy atom. The molecule has 0 spiro atoms. The quantitative estimate of drug-likeness (QED) is 0.747. The summed E-state index contributed by atoms with van der Waals surface area (Å²) >= 11 is 7.46. The van der Waals surface area contributed by atoms with Crippen LogP contribution in [0, 0.1) is 12.7 Å². The zero-order valence-corrected chi connectivity index (χ0v) is 14.6. The van der Waals surface area contributed by atoms with E-state index in [-0.39, 0.29) is 11.7 Å². The number of aromatic nitrogens is 3. The molecule has 1 aromatic carbocycles. The van der Waals surface area contributed by atoms with Crippen LogP contribution in [0.5, 0.6) is 0 Å². The van der Waals surface area contributed by atoms with Gasteiger partial charge in [-0.2, -0.15) is 5.10 Å². The van der Waals surface area contributed by atoms with Gasteiger partial charge in [0.1, 0.15) is 11.5 Å². The molecule has 2 aromatic heterocycles. The van der Waals surface area contributed by atoms with Crippen molar-refractivity contribution in [2.75, 3.05) is 5.32 Å². The van der Waals surface area contributed by atoms with E-state index in [9.17, 15) is 9.18 Å². The molecule has 24 heavy (non-hydrogen) atoms. The van der Waals surface area contributed by atoms with Crippen LogP contribution in [0.25, 0.3) is 11.3 Å². The van der Waals surface area contributed by atoms with Gasteiger partial charge in [0, 0.05) is 17.5 Å². The van der Waals surface area contributed by atoms with Crippen LogP contribution < -0.4 is 5.32 Å². The number of nitrogens with one attached hydrogen (secondary N) is 1. The van der Waals surface area contributed by atoms with Crippen LogP contribution in [0.1, 0.15) is 23.1 Å². The lowest BCUT2D eigenvalue weighted by atomic mass is 10.2. The molecule has 5 nitrogen and oxygen atoms in total. The highest BCUT2D eigenvalue weighted by Gasteiger charge is 2.20. The lowest BCUT2D eigenvalue weighted by Gasteiger charge is -2.04. The Hall–Kier alpha value is -2.25. The fourth-order valence-corrected chi connectivity index (χ4v) is 3.18. The van der Waals surface area contributed by atoms with Gasteiger partial charge in [0.15, 0.2) is 5.13 Å². The maximum Gasteiger partial charge on any atom is 0.277 e. The Bertz CT molecular complexity index is 888. The second-order valence-corrected chi connectivity index (χ2v) is 6.30. The van der Waals surface area contributed by atoms with Crippen molar-refractivity contribution < 1.29 is 9.18 Å². The number of rotatable bonds is 4. The number of nitrogens with zero attached hydrogens (tertiary/aromatic N) is 3. The first kappa shape index (κ1) is 16.6. The smallest absolute Gasteiger partial charge is 0.277 e. The summed E-state index contributed by atoms with van der Waals surface area (Å²) in [6, 6.07) is 6.02. The molecule has 0 aliphatic carbocycles. The van der Waals surface area contributed by atoms with E-state index in [1.807, 2.05) is 6.92 Å². The molecule has 124 valence electrons. The standard InChI is InChI=1S/C16H14ClFN4OS/c1-3-22-14(13(17)9(2)21-22)15(23)20-16-19-12(8-24-16)10-4-6-11(18)7-5-10/h4-8H,3H2,1-2H3,(H,19,20,23). The zero-order chi connectivity index (χ0) is 17.3. The van der Waals surface area contributed by atoms with E-state index < -0.39 is 0 Å². The lowest BCUT2D eigenvalue weighted by Crippen LogP contribution is -2.17. The van der Waals surface area contributed by atoms with Crippen LogP contribution in [-0.4, -0.2) is 20.7 Å². The Labute approximate surface area is 147 Å². The van der Waals surface area contributed by atoms with Gasteiger partial charge in [0.05, 0.1) is 16.4 Å². The van der Waals surface area contributed by atoms with Gasteiger partial charge in [-0.25, -0.2) is 9.37 Å². The number of benzene rings is 1. The molecular formula is C16H14ClFN4OS. The van der Waals surface area contributed by atoms with Crippen molar-refractivity contribution in [1.82, 2.24) is 14.8 Å². The van der Waals surface area contributed by atoms with Crippen molar-refractivity contribution in [2.24, 2.45) is 0 Å². The average molecular weight is 365 g/mol. The maximum absolute atomic E-state index is 13.0. The summed E-state index contributed by atoms with van der Waals surface area (Å²) in [7, 11) is 0. The molecule has 0 aliphatic rings. The van der Waals surface area contributed by atoms with Crippen LogP contribution in [-0.2, 0) is 6.54 Å². The minimum Gasteiger partial charge on any atom is -0.296 e. The van der Waals surface area contributed by atoms with Gasteiger partial charge in [0.2, 0.25) is 0 Å². The molecular weight excluding hydrogens is 351 g/mol. The molecule has 0 radical (unpaired) electrons. The summed E-state index contributed by atoms with van der Waals surface area (Å²) in [5.74, 6) is -0.664. The van der Waals surface area contributed by atoms with Crippen LogP contribution in [0.2, 0.25) is 5.02 Å². The van der Waals surface area contributed by atoms with Crippen molar-refractivity contribution in [2.45, 2.75) is 20.4 Å². The second kappa shape index (κ2) is 6.70. The molecule has 2 heterocycles. The molecule has 1 N–H and O–H groups in total. The fourth-order valence-electron chi connectivity index (χ4n) is 2.25. The number of thiazole rings is 1. The molecule has 0 aliphatic heterocycles. The molecule has 0 saturated heterocycles. The van der Waals surface area contributed by atoms with Crippen LogP contribution in [0.15, 0.2) is 29.6 Å². The SMILES string of the molecule is CCn1nc(C)c(Cl)c1C(=O)Nc1nc(-c2ccc(F)cc2)cs1. The van der Waals surface area contributed by atoms with E-state index in [2.05, 4.69) is 15.4 Å². The first-order valence-corrected chi connectivity index (χ1v) is 8.51. The normalized spacial score (nSPS) is 10.8. The lowest BCUT2D eigenvalue weighted by molar-refractivity contribution is 0.101. The molecule has 8 heteroatoms. The van der Waals surface area contributed by atoms with Gasteiger partial charge >= 0.3 is 0 Å². The van der Waals surface area contributed by atoms with E-state index in [0.717, 1.165) is 5.56 Å². The third kappa shape index (κ3) is 3.18. The Balaban J connectivity index is 1.82. The van der Waals surface area contributed by atoms with E-state index in [4.69, 9.17) is 11.6 Å². The number of hydrogen-bond donors (Lipinski definition) is 1. The molecule has 0 saturated carbocycles. The largest absolute Gasteiger partial charge is 0.296 e. The molecule has 0 unspecified atom stereocenters. The second-order valence-electron chi connectivity index (χ2n) is 5.06. The Kier molecular flexibility index (Phi) is 4.64. The summed E-state index contributed by atoms with van der Waals surface area (Å²) < 4.78 is 14.5. The van der Waals surface area contributed by atoms with E-state index in [1.165, 1.54) is 23.5 Å². The van der Waals surface area contributed by atoms with Crippen molar-refractivity contribution >= 4 is 34.0 Å². The number of hydrogen-bond acceptors (Lipinski definition) is 4. The molecule has 3 aromatic rings. The van der Waals surface area contributed by atoms with E-state index in [0.29, 0.717) is 33.8 Å². The Morgan fingerprint density at radius 2 is 2.08 bits per heavy atom. The zero-order valence-electron chi connectivity index (χ0n) is 13.0. The highest BCUT2D eigenvalue weighted by Crippen LogP contribution is 2.26. The van der Waals surface area contributed by atoms with Gasteiger partial charge in [-0.3, -0.25) is 14.8 Å². The number of carbonyl (C=O) groups is 1. The molecule has 0 fully saturated rings. The summed E-state index contributed by atoms with van der Waals surface area (Å²) in [6.45, 7) is 4.17. The van der Waals surface area contributed by atoms with Gasteiger partial charge < -0.3 is 0 Å². The van der Waals surface area contributed by atoms with Crippen molar-refractivity contribution in [3.05, 3.63) is 51.9 Å². The highest BCUT2D eigenvalue weighted by molar-refractivity contribution is 7.14. The van der Waals surface area contributed by atoms with Gasteiger partial charge in [-0.05, 0) is 38.1 Å². The number of halogens is 2. The summed E-state index contributed by atoms with van der Waals surface area (Å²) in [4.78, 5) is 16.8. The number of anilines is 1. The third-order valence-corrected chi connectivity index (χ3v) is 4.64. The fraction of sp³-hybridized carbons (Fsp3) is 0.188. The molecule has 1 amide bonds. The maximum atomic E-state index is 13.0. The van der Waals surface area contributed by atoms with Crippen molar-refractivity contribution in [3.63, 3.8) is 0 Å². The third-order valence-electron chi connectivity index (χ3n) is 3.43. The number of amides is 1. The predicted molar refractivity (Wildman–Crippen MR) is 93.1 cm³/mol. The van der Waals surface area contributed by atoms with Crippen molar-refractivity contribution in [1.29, 1.82) is 0 Å².